The topological polar surface area (TPSA) is 106 Å². The fraction of sp³-hybridized carbons (Fsp3) is 0.500. The first-order valence-corrected chi connectivity index (χ1v) is 7.50. The highest BCUT2D eigenvalue weighted by atomic mass is 32.2. The summed E-state index contributed by atoms with van der Waals surface area (Å²) < 4.78 is 28.7. The van der Waals surface area contributed by atoms with E-state index < -0.39 is 16.1 Å². The van der Waals surface area contributed by atoms with Crippen LogP contribution in [0.2, 0.25) is 0 Å². The van der Waals surface area contributed by atoms with Crippen molar-refractivity contribution in [1.29, 1.82) is 0 Å². The van der Waals surface area contributed by atoms with E-state index in [0.717, 1.165) is 25.2 Å². The molecular formula is C10H14N6O2S. The van der Waals surface area contributed by atoms with Gasteiger partial charge >= 0.3 is 0 Å². The summed E-state index contributed by atoms with van der Waals surface area (Å²) in [6, 6.07) is 0.969. The van der Waals surface area contributed by atoms with Gasteiger partial charge < -0.3 is 4.57 Å². The zero-order chi connectivity index (χ0) is 13.5. The minimum Gasteiger partial charge on any atom is -0.314 e. The molecule has 1 aliphatic heterocycles. The molecule has 0 saturated heterocycles. The molecule has 1 atom stereocenters. The number of aromatic nitrogens is 5. The van der Waals surface area contributed by atoms with Crippen LogP contribution in [0, 0.1) is 0 Å². The average Bonchev–Trinajstić information content (AvgIpc) is 3.06. The Morgan fingerprint density at radius 1 is 1.47 bits per heavy atom. The van der Waals surface area contributed by atoms with Crippen LogP contribution in [-0.4, -0.2) is 33.4 Å². The van der Waals surface area contributed by atoms with Crippen molar-refractivity contribution in [1.82, 2.24) is 29.7 Å². The van der Waals surface area contributed by atoms with E-state index in [-0.39, 0.29) is 5.03 Å². The summed E-state index contributed by atoms with van der Waals surface area (Å²) in [4.78, 5) is 0. The lowest BCUT2D eigenvalue weighted by atomic mass is 10.3. The van der Waals surface area contributed by atoms with Crippen molar-refractivity contribution in [3.63, 3.8) is 0 Å². The molecule has 0 radical (unpaired) electrons. The van der Waals surface area contributed by atoms with E-state index in [2.05, 4.69) is 25.1 Å². The number of H-pyrrole nitrogens is 1. The maximum absolute atomic E-state index is 12.1. The van der Waals surface area contributed by atoms with Gasteiger partial charge in [0, 0.05) is 13.0 Å². The van der Waals surface area contributed by atoms with Crippen LogP contribution in [-0.2, 0) is 23.0 Å². The first kappa shape index (κ1) is 12.3. The molecule has 0 spiro atoms. The van der Waals surface area contributed by atoms with Gasteiger partial charge in [-0.3, -0.25) is 5.10 Å². The molecule has 9 heteroatoms. The van der Waals surface area contributed by atoms with E-state index in [1.54, 1.807) is 6.92 Å². The molecule has 1 unspecified atom stereocenters. The Morgan fingerprint density at radius 3 is 3.05 bits per heavy atom. The van der Waals surface area contributed by atoms with E-state index in [0.29, 0.717) is 5.82 Å². The molecule has 3 heterocycles. The third kappa shape index (κ3) is 2.15. The van der Waals surface area contributed by atoms with Crippen molar-refractivity contribution in [3.05, 3.63) is 23.9 Å². The number of rotatable bonds is 4. The maximum Gasteiger partial charge on any atom is 0.258 e. The number of hydrogen-bond donors (Lipinski definition) is 2. The largest absolute Gasteiger partial charge is 0.314 e. The zero-order valence-corrected chi connectivity index (χ0v) is 11.2. The first-order valence-electron chi connectivity index (χ1n) is 6.01. The van der Waals surface area contributed by atoms with Crippen molar-refractivity contribution in [2.45, 2.75) is 37.4 Å². The third-order valence-corrected chi connectivity index (χ3v) is 4.59. The van der Waals surface area contributed by atoms with Gasteiger partial charge in [-0.05, 0) is 19.4 Å². The van der Waals surface area contributed by atoms with Crippen molar-refractivity contribution < 1.29 is 8.42 Å². The van der Waals surface area contributed by atoms with Crippen LogP contribution in [0.15, 0.2) is 17.3 Å². The van der Waals surface area contributed by atoms with E-state index in [4.69, 9.17) is 0 Å². The monoisotopic (exact) mass is 282 g/mol. The Labute approximate surface area is 110 Å². The Hall–Kier alpha value is -1.74. The Morgan fingerprint density at radius 2 is 2.32 bits per heavy atom. The molecule has 2 N–H and O–H groups in total. The molecule has 102 valence electrons. The maximum atomic E-state index is 12.1. The molecule has 1 aliphatic rings. The van der Waals surface area contributed by atoms with Crippen molar-refractivity contribution in [2.75, 3.05) is 0 Å². The number of aryl methyl sites for hydroxylation is 1. The second-order valence-electron chi connectivity index (χ2n) is 4.49. The fourth-order valence-electron chi connectivity index (χ4n) is 2.24. The summed E-state index contributed by atoms with van der Waals surface area (Å²) in [6.45, 7) is 2.59. The molecule has 8 nitrogen and oxygen atoms in total. The Kier molecular flexibility index (Phi) is 2.86. The summed E-state index contributed by atoms with van der Waals surface area (Å²) in [5.74, 6) is 1.57. The van der Waals surface area contributed by atoms with Crippen LogP contribution >= 0.6 is 0 Å². The molecule has 0 bridgehead atoms. The lowest BCUT2D eigenvalue weighted by Crippen LogP contribution is -2.29. The Balaban J connectivity index is 1.84. The van der Waals surface area contributed by atoms with Crippen LogP contribution in [0.25, 0.3) is 0 Å². The average molecular weight is 282 g/mol. The van der Waals surface area contributed by atoms with Gasteiger partial charge in [-0.2, -0.15) is 9.82 Å². The standard InChI is InChI=1S/C10H14N6O2S/c1-7(10-14-12-8-3-2-6-16(8)10)15-19(17,18)9-4-5-11-13-9/h4-5,7,15H,2-3,6H2,1H3,(H,11,13). The van der Waals surface area contributed by atoms with Crippen LogP contribution in [0.4, 0.5) is 0 Å². The minimum atomic E-state index is -3.61. The van der Waals surface area contributed by atoms with E-state index in [1.165, 1.54) is 12.3 Å². The van der Waals surface area contributed by atoms with Crippen molar-refractivity contribution in [2.24, 2.45) is 0 Å². The molecule has 0 amide bonds. The number of sulfonamides is 1. The molecule has 3 rings (SSSR count). The summed E-state index contributed by atoms with van der Waals surface area (Å²) in [6.07, 6.45) is 3.32. The lowest BCUT2D eigenvalue weighted by Gasteiger charge is -2.13. The number of nitrogens with zero attached hydrogens (tertiary/aromatic N) is 4. The molecule has 2 aromatic heterocycles. The van der Waals surface area contributed by atoms with E-state index >= 15 is 0 Å². The van der Waals surface area contributed by atoms with Gasteiger partial charge in [0.2, 0.25) is 0 Å². The summed E-state index contributed by atoms with van der Waals surface area (Å²) in [7, 11) is -3.61. The zero-order valence-electron chi connectivity index (χ0n) is 10.4. The Bertz CT molecular complexity index is 675. The number of hydrogen-bond acceptors (Lipinski definition) is 5. The van der Waals surface area contributed by atoms with Crippen LogP contribution in [0.1, 0.15) is 31.0 Å². The van der Waals surface area contributed by atoms with Crippen LogP contribution < -0.4 is 4.72 Å². The van der Waals surface area contributed by atoms with E-state index in [1.807, 2.05) is 4.57 Å². The predicted octanol–water partition coefficient (Wildman–Crippen LogP) is -0.0131. The molecule has 0 saturated carbocycles. The number of nitrogens with one attached hydrogen (secondary N) is 2. The van der Waals surface area contributed by atoms with E-state index in [9.17, 15) is 8.42 Å². The third-order valence-electron chi connectivity index (χ3n) is 3.12. The van der Waals surface area contributed by atoms with Gasteiger partial charge in [0.25, 0.3) is 10.0 Å². The fourth-order valence-corrected chi connectivity index (χ4v) is 3.35. The van der Waals surface area contributed by atoms with Gasteiger partial charge in [0.15, 0.2) is 10.9 Å². The van der Waals surface area contributed by atoms with Crippen molar-refractivity contribution >= 4 is 10.0 Å². The van der Waals surface area contributed by atoms with Gasteiger partial charge in [-0.15, -0.1) is 10.2 Å². The molecule has 19 heavy (non-hydrogen) atoms. The molecule has 0 aromatic carbocycles. The number of fused-ring (bicyclic) bond motifs is 1. The highest BCUT2D eigenvalue weighted by Crippen LogP contribution is 2.20. The second kappa shape index (κ2) is 4.42. The first-order chi connectivity index (χ1) is 9.08. The second-order valence-corrected chi connectivity index (χ2v) is 6.18. The molecule has 0 fully saturated rings. The van der Waals surface area contributed by atoms with Crippen molar-refractivity contribution in [3.8, 4) is 0 Å². The quantitative estimate of drug-likeness (QED) is 0.820. The minimum absolute atomic E-state index is 0.0421. The van der Waals surface area contributed by atoms with Crippen LogP contribution in [0.5, 0.6) is 0 Å². The molecule has 2 aromatic rings. The SMILES string of the molecule is CC(NS(=O)(=O)c1ccn[nH]1)c1nnc2n1CCC2. The summed E-state index contributed by atoms with van der Waals surface area (Å²) in [5, 5.41) is 14.3. The van der Waals surface area contributed by atoms with Gasteiger partial charge in [-0.1, -0.05) is 0 Å². The lowest BCUT2D eigenvalue weighted by molar-refractivity contribution is 0.543. The van der Waals surface area contributed by atoms with Gasteiger partial charge in [0.1, 0.15) is 5.82 Å². The van der Waals surface area contributed by atoms with Gasteiger partial charge in [-0.25, -0.2) is 8.42 Å². The van der Waals surface area contributed by atoms with Crippen LogP contribution in [0.3, 0.4) is 0 Å². The normalized spacial score (nSPS) is 16.5. The van der Waals surface area contributed by atoms with Gasteiger partial charge in [0.05, 0.1) is 12.2 Å². The highest BCUT2D eigenvalue weighted by molar-refractivity contribution is 7.89. The highest BCUT2D eigenvalue weighted by Gasteiger charge is 2.25. The predicted molar refractivity (Wildman–Crippen MR) is 65.7 cm³/mol. The molecular weight excluding hydrogens is 268 g/mol. The smallest absolute Gasteiger partial charge is 0.258 e. The number of aromatic amines is 1. The summed E-state index contributed by atoms with van der Waals surface area (Å²) >= 11 is 0. The molecule has 0 aliphatic carbocycles. The summed E-state index contributed by atoms with van der Waals surface area (Å²) in [5.41, 5.74) is 0.